The Morgan fingerprint density at radius 2 is 1.50 bits per heavy atom. The van der Waals surface area contributed by atoms with Crippen molar-refractivity contribution >= 4 is 17.8 Å². The molecule has 0 N–H and O–H groups in total. The molecule has 0 aliphatic rings. The number of aliphatic imine (C=N–C) groups is 1. The van der Waals surface area contributed by atoms with Gasteiger partial charge in [0.2, 0.25) is 5.88 Å². The van der Waals surface area contributed by atoms with E-state index in [9.17, 15) is 15.4 Å². The van der Waals surface area contributed by atoms with Gasteiger partial charge in [0.25, 0.3) is 5.69 Å². The lowest BCUT2D eigenvalue weighted by Gasteiger charge is -2.03. The normalized spacial score (nSPS) is 10.8. The van der Waals surface area contributed by atoms with E-state index >= 15 is 0 Å². The van der Waals surface area contributed by atoms with Crippen molar-refractivity contribution in [1.82, 2.24) is 0 Å². The molecule has 0 spiro atoms. The number of benzene rings is 3. The lowest BCUT2D eigenvalue weighted by molar-refractivity contribution is -0.384. The minimum absolute atomic E-state index is 0.000546. The molecule has 3 aromatic carbocycles. The Balaban J connectivity index is 1.82. The van der Waals surface area contributed by atoms with Gasteiger partial charge in [0, 0.05) is 29.5 Å². The van der Waals surface area contributed by atoms with Crippen LogP contribution in [-0.4, -0.2) is 11.1 Å². The van der Waals surface area contributed by atoms with Gasteiger partial charge < -0.3 is 4.42 Å². The summed E-state index contributed by atoms with van der Waals surface area (Å²) in [6.07, 6.45) is 1.52. The third-order valence-corrected chi connectivity index (χ3v) is 4.53. The second-order valence-corrected chi connectivity index (χ2v) is 6.44. The Morgan fingerprint density at radius 3 is 2.07 bits per heavy atom. The number of nitrogens with zero attached hydrogens (tertiary/aromatic N) is 3. The molecule has 0 fully saturated rings. The Hall–Kier alpha value is -4.50. The van der Waals surface area contributed by atoms with E-state index in [1.807, 2.05) is 60.7 Å². The second-order valence-electron chi connectivity index (χ2n) is 6.44. The van der Waals surface area contributed by atoms with E-state index in [4.69, 9.17) is 4.42 Å². The topological polar surface area (TPSA) is 92.4 Å². The summed E-state index contributed by atoms with van der Waals surface area (Å²) >= 11 is 0. The monoisotopic (exact) mass is 393 g/mol. The van der Waals surface area contributed by atoms with Gasteiger partial charge in [-0.3, -0.25) is 10.1 Å². The first-order chi connectivity index (χ1) is 14.7. The highest BCUT2D eigenvalue weighted by molar-refractivity contribution is 5.89. The number of hydrogen-bond acceptors (Lipinski definition) is 5. The van der Waals surface area contributed by atoms with Gasteiger partial charge in [0.1, 0.15) is 17.4 Å². The highest BCUT2D eigenvalue weighted by Crippen LogP contribution is 2.42. The molecule has 0 saturated heterocycles. The fourth-order valence-corrected chi connectivity index (χ4v) is 3.10. The standard InChI is InChI=1S/C24H15N3O3/c25-15-21-22(18-7-3-1-4-8-18)23(19-9-5-2-6-10-19)30-24(21)26-16-17-11-13-20(14-12-17)27(28)29/h1-14,16H/b26-16+. The molecule has 6 nitrogen and oxygen atoms in total. The summed E-state index contributed by atoms with van der Waals surface area (Å²) in [7, 11) is 0. The number of hydrogen-bond donors (Lipinski definition) is 0. The summed E-state index contributed by atoms with van der Waals surface area (Å²) in [5.41, 5.74) is 3.36. The SMILES string of the molecule is N#Cc1c(/N=C/c2ccc([N+](=O)[O-])cc2)oc(-c2ccccc2)c1-c1ccccc1. The first-order valence-corrected chi connectivity index (χ1v) is 9.13. The predicted molar refractivity (Wildman–Crippen MR) is 115 cm³/mol. The fourth-order valence-electron chi connectivity index (χ4n) is 3.10. The molecule has 0 atom stereocenters. The number of nitro groups is 1. The van der Waals surface area contributed by atoms with Crippen LogP contribution in [0.25, 0.3) is 22.5 Å². The highest BCUT2D eigenvalue weighted by atomic mass is 16.6. The van der Waals surface area contributed by atoms with Gasteiger partial charge in [-0.2, -0.15) is 5.26 Å². The van der Waals surface area contributed by atoms with Gasteiger partial charge in [0.15, 0.2) is 0 Å². The van der Waals surface area contributed by atoms with E-state index in [0.717, 1.165) is 11.1 Å². The smallest absolute Gasteiger partial charge is 0.269 e. The first-order valence-electron chi connectivity index (χ1n) is 9.13. The van der Waals surface area contributed by atoms with Gasteiger partial charge in [0.05, 0.1) is 4.92 Å². The molecule has 6 heteroatoms. The molecule has 0 saturated carbocycles. The van der Waals surface area contributed by atoms with E-state index in [-0.39, 0.29) is 11.6 Å². The second kappa shape index (κ2) is 8.25. The predicted octanol–water partition coefficient (Wildman–Crippen LogP) is 6.14. The third kappa shape index (κ3) is 3.73. The molecule has 0 aliphatic carbocycles. The highest BCUT2D eigenvalue weighted by Gasteiger charge is 2.22. The molecule has 1 aromatic heterocycles. The zero-order valence-electron chi connectivity index (χ0n) is 15.7. The van der Waals surface area contributed by atoms with E-state index < -0.39 is 4.92 Å². The van der Waals surface area contributed by atoms with Crippen LogP contribution in [0.4, 0.5) is 11.6 Å². The van der Waals surface area contributed by atoms with Gasteiger partial charge >= 0.3 is 0 Å². The Labute approximate surface area is 172 Å². The summed E-state index contributed by atoms with van der Waals surface area (Å²) < 4.78 is 6.03. The molecular weight excluding hydrogens is 378 g/mol. The van der Waals surface area contributed by atoms with Crippen molar-refractivity contribution in [3.8, 4) is 28.5 Å². The minimum atomic E-state index is -0.459. The molecule has 0 amide bonds. The maximum absolute atomic E-state index is 10.8. The third-order valence-electron chi connectivity index (χ3n) is 4.53. The van der Waals surface area contributed by atoms with E-state index in [1.54, 1.807) is 12.1 Å². The lowest BCUT2D eigenvalue weighted by Crippen LogP contribution is -1.88. The number of non-ortho nitro benzene ring substituents is 1. The molecule has 4 rings (SSSR count). The zero-order valence-corrected chi connectivity index (χ0v) is 15.7. The van der Waals surface area contributed by atoms with Crippen molar-refractivity contribution < 1.29 is 9.34 Å². The maximum Gasteiger partial charge on any atom is 0.269 e. The van der Waals surface area contributed by atoms with E-state index in [2.05, 4.69) is 11.1 Å². The molecule has 1 heterocycles. The van der Waals surface area contributed by atoms with Crippen molar-refractivity contribution in [2.75, 3.05) is 0 Å². The molecule has 4 aromatic rings. The average molecular weight is 393 g/mol. The van der Waals surface area contributed by atoms with Crippen molar-refractivity contribution in [2.24, 2.45) is 4.99 Å². The van der Waals surface area contributed by atoms with Crippen LogP contribution in [-0.2, 0) is 0 Å². The van der Waals surface area contributed by atoms with Crippen LogP contribution in [0.5, 0.6) is 0 Å². The fraction of sp³-hybridized carbons (Fsp3) is 0. The van der Waals surface area contributed by atoms with Gasteiger partial charge in [-0.25, -0.2) is 4.99 Å². The molecule has 0 aliphatic heterocycles. The number of nitriles is 1. The van der Waals surface area contributed by atoms with Crippen LogP contribution in [0, 0.1) is 21.4 Å². The Morgan fingerprint density at radius 1 is 0.900 bits per heavy atom. The van der Waals surface area contributed by atoms with E-state index in [1.165, 1.54) is 18.3 Å². The quantitative estimate of drug-likeness (QED) is 0.231. The van der Waals surface area contributed by atoms with Crippen molar-refractivity contribution in [3.63, 3.8) is 0 Å². The Kier molecular flexibility index (Phi) is 5.18. The largest absolute Gasteiger partial charge is 0.436 e. The van der Waals surface area contributed by atoms with Crippen LogP contribution in [0.15, 0.2) is 94.3 Å². The number of nitro benzene ring substituents is 1. The van der Waals surface area contributed by atoms with Gasteiger partial charge in [-0.05, 0) is 23.3 Å². The molecule has 0 unspecified atom stereocenters. The average Bonchev–Trinajstić information content (AvgIpc) is 3.17. The van der Waals surface area contributed by atoms with Crippen LogP contribution in [0.1, 0.15) is 11.1 Å². The molecule has 0 bridgehead atoms. The van der Waals surface area contributed by atoms with Crippen LogP contribution in [0.2, 0.25) is 0 Å². The van der Waals surface area contributed by atoms with Crippen LogP contribution < -0.4 is 0 Å². The molecular formula is C24H15N3O3. The van der Waals surface area contributed by atoms with Crippen LogP contribution in [0.3, 0.4) is 0 Å². The first kappa shape index (κ1) is 18.8. The van der Waals surface area contributed by atoms with Gasteiger partial charge in [-0.1, -0.05) is 60.7 Å². The molecule has 144 valence electrons. The summed E-state index contributed by atoms with van der Waals surface area (Å²) in [6.45, 7) is 0. The summed E-state index contributed by atoms with van der Waals surface area (Å²) in [4.78, 5) is 14.7. The molecule has 0 radical (unpaired) electrons. The van der Waals surface area contributed by atoms with E-state index in [0.29, 0.717) is 22.5 Å². The molecule has 30 heavy (non-hydrogen) atoms. The summed E-state index contributed by atoms with van der Waals surface area (Å²) in [6, 6.07) is 27.3. The summed E-state index contributed by atoms with van der Waals surface area (Å²) in [5, 5.41) is 20.7. The van der Waals surface area contributed by atoms with Crippen LogP contribution >= 0.6 is 0 Å². The van der Waals surface area contributed by atoms with Crippen molar-refractivity contribution in [2.45, 2.75) is 0 Å². The van der Waals surface area contributed by atoms with Crippen molar-refractivity contribution in [1.29, 1.82) is 5.26 Å². The zero-order chi connectivity index (χ0) is 20.9. The van der Waals surface area contributed by atoms with Gasteiger partial charge in [-0.15, -0.1) is 0 Å². The number of rotatable bonds is 5. The lowest BCUT2D eigenvalue weighted by atomic mass is 9.98. The minimum Gasteiger partial charge on any atom is -0.436 e. The summed E-state index contributed by atoms with van der Waals surface area (Å²) in [5.74, 6) is 0.753. The maximum atomic E-state index is 10.8. The Bertz CT molecular complexity index is 1250. The number of furan rings is 1. The van der Waals surface area contributed by atoms with Crippen molar-refractivity contribution in [3.05, 3.63) is 106 Å².